The zero-order valence-corrected chi connectivity index (χ0v) is 10.6. The maximum atomic E-state index is 10.3. The Kier molecular flexibility index (Phi) is 7.61. The molecule has 0 aliphatic rings. The van der Waals surface area contributed by atoms with Gasteiger partial charge in [-0.25, -0.2) is 4.79 Å². The minimum Gasteiger partial charge on any atom is -0.335 e. The second-order valence-electron chi connectivity index (χ2n) is 2.97. The van der Waals surface area contributed by atoms with Gasteiger partial charge in [0.25, 0.3) is 0 Å². The van der Waals surface area contributed by atoms with Crippen LogP contribution in [-0.2, 0) is 14.3 Å². The smallest absolute Gasteiger partial charge is 0.248 e. The van der Waals surface area contributed by atoms with Gasteiger partial charge in [0.05, 0.1) is 13.2 Å². The molecule has 0 aromatic heterocycles. The summed E-state index contributed by atoms with van der Waals surface area (Å²) in [5.41, 5.74) is -0.965. The van der Waals surface area contributed by atoms with Crippen LogP contribution in [0.2, 0.25) is 6.55 Å². The molecule has 0 atom stereocenters. The van der Waals surface area contributed by atoms with Gasteiger partial charge in [0, 0.05) is 0 Å². The predicted molar refractivity (Wildman–Crippen MR) is 57.7 cm³/mol. The van der Waals surface area contributed by atoms with Crippen molar-refractivity contribution in [2.75, 3.05) is 13.2 Å². The van der Waals surface area contributed by atoms with Crippen LogP contribution in [0.5, 0.6) is 0 Å². The number of carbonyl (C=O) groups excluding carboxylic acids is 1. The Hall–Kier alpha value is -0.483. The van der Waals surface area contributed by atoms with Gasteiger partial charge < -0.3 is 9.47 Å². The van der Waals surface area contributed by atoms with Crippen LogP contribution < -0.4 is 0 Å². The van der Waals surface area contributed by atoms with E-state index in [1.165, 1.54) is 6.08 Å². The SMILES string of the molecule is CCCOC(N=C=O)(OCCC)[SiH2]C. The summed E-state index contributed by atoms with van der Waals surface area (Å²) in [6.45, 7) is 7.15. The molecular weight excluding hydrogens is 198 g/mol. The lowest BCUT2D eigenvalue weighted by atomic mass is 10.5. The van der Waals surface area contributed by atoms with Crippen molar-refractivity contribution >= 4 is 15.6 Å². The number of hydrogen-bond donors (Lipinski definition) is 0. The number of aliphatic imine (C=N–C) groups is 1. The fraction of sp³-hybridized carbons (Fsp3) is 0.889. The van der Waals surface area contributed by atoms with Crippen LogP contribution >= 0.6 is 0 Å². The van der Waals surface area contributed by atoms with E-state index in [9.17, 15) is 4.79 Å². The van der Waals surface area contributed by atoms with Crippen molar-refractivity contribution in [3.05, 3.63) is 0 Å². The molecular formula is C9H19NO3Si. The summed E-state index contributed by atoms with van der Waals surface area (Å²) in [6.07, 6.45) is 3.31. The summed E-state index contributed by atoms with van der Waals surface area (Å²) in [4.78, 5) is 13.9. The predicted octanol–water partition coefficient (Wildman–Crippen LogP) is 1.00. The molecule has 0 saturated heterocycles. The molecule has 0 N–H and O–H groups in total. The average Bonchev–Trinajstić information content (AvgIpc) is 2.22. The van der Waals surface area contributed by atoms with Gasteiger partial charge in [-0.05, 0) is 12.8 Å². The minimum atomic E-state index is -0.965. The number of hydrogen-bond acceptors (Lipinski definition) is 4. The highest BCUT2D eigenvalue weighted by atomic mass is 28.2. The molecule has 0 heterocycles. The first-order valence-electron chi connectivity index (χ1n) is 5.11. The molecule has 82 valence electrons. The molecule has 0 aromatic rings. The van der Waals surface area contributed by atoms with Crippen LogP contribution in [0.15, 0.2) is 4.99 Å². The van der Waals surface area contributed by atoms with Gasteiger partial charge in [-0.1, -0.05) is 20.4 Å². The van der Waals surface area contributed by atoms with Crippen LogP contribution in [0.1, 0.15) is 26.7 Å². The molecule has 0 bridgehead atoms. The molecule has 0 unspecified atom stereocenters. The second-order valence-corrected chi connectivity index (χ2v) is 4.57. The molecule has 5 heteroatoms. The Bertz CT molecular complexity index is 184. The summed E-state index contributed by atoms with van der Waals surface area (Å²) in [7, 11) is -0.704. The largest absolute Gasteiger partial charge is 0.335 e. The average molecular weight is 217 g/mol. The summed E-state index contributed by atoms with van der Waals surface area (Å²) in [5.74, 6) is 0. The highest BCUT2D eigenvalue weighted by Crippen LogP contribution is 2.14. The van der Waals surface area contributed by atoms with E-state index in [1.807, 2.05) is 20.4 Å². The fourth-order valence-corrected chi connectivity index (χ4v) is 1.90. The van der Waals surface area contributed by atoms with Crippen LogP contribution in [-0.4, -0.2) is 34.3 Å². The maximum Gasteiger partial charge on any atom is 0.248 e. The van der Waals surface area contributed by atoms with Crippen molar-refractivity contribution in [3.63, 3.8) is 0 Å². The minimum absolute atomic E-state index is 0.565. The monoisotopic (exact) mass is 217 g/mol. The van der Waals surface area contributed by atoms with Crippen molar-refractivity contribution < 1.29 is 14.3 Å². The van der Waals surface area contributed by atoms with Crippen molar-refractivity contribution in [2.45, 2.75) is 38.8 Å². The standard InChI is InChI=1S/C9H19NO3Si/c1-4-6-12-9(14-3,10-8-11)13-7-5-2/h4-7,14H2,1-3H3. The Labute approximate surface area is 87.5 Å². The molecule has 0 aliphatic carbocycles. The van der Waals surface area contributed by atoms with Gasteiger partial charge in [0.15, 0.2) is 0 Å². The van der Waals surface area contributed by atoms with Crippen LogP contribution in [0.3, 0.4) is 0 Å². The third kappa shape index (κ3) is 4.67. The van der Waals surface area contributed by atoms with E-state index in [2.05, 4.69) is 4.99 Å². The number of isocyanates is 1. The van der Waals surface area contributed by atoms with Crippen LogP contribution in [0.25, 0.3) is 0 Å². The summed E-state index contributed by atoms with van der Waals surface area (Å²) in [5, 5.41) is 0. The van der Waals surface area contributed by atoms with Crippen molar-refractivity contribution in [3.8, 4) is 0 Å². The van der Waals surface area contributed by atoms with Gasteiger partial charge in [-0.3, -0.25) is 0 Å². The zero-order chi connectivity index (χ0) is 10.9. The van der Waals surface area contributed by atoms with E-state index in [0.29, 0.717) is 13.2 Å². The third-order valence-corrected chi connectivity index (χ3v) is 3.19. The van der Waals surface area contributed by atoms with Crippen molar-refractivity contribution in [2.24, 2.45) is 4.99 Å². The summed E-state index contributed by atoms with van der Waals surface area (Å²) >= 11 is 0. The highest BCUT2D eigenvalue weighted by molar-refractivity contribution is 6.37. The van der Waals surface area contributed by atoms with Crippen LogP contribution in [0, 0.1) is 0 Å². The molecule has 0 aliphatic heterocycles. The first-order valence-corrected chi connectivity index (χ1v) is 7.23. The lowest BCUT2D eigenvalue weighted by molar-refractivity contribution is -0.174. The molecule has 4 nitrogen and oxygen atoms in total. The van der Waals surface area contributed by atoms with E-state index in [1.54, 1.807) is 0 Å². The first kappa shape index (κ1) is 13.5. The lowest BCUT2D eigenvalue weighted by Gasteiger charge is -2.26. The van der Waals surface area contributed by atoms with Gasteiger partial charge in [-0.15, -0.1) is 4.99 Å². The topological polar surface area (TPSA) is 47.9 Å². The van der Waals surface area contributed by atoms with Gasteiger partial charge in [-0.2, -0.15) is 0 Å². The number of rotatable bonds is 8. The molecule has 0 aromatic carbocycles. The van der Waals surface area contributed by atoms with E-state index in [0.717, 1.165) is 12.8 Å². The summed E-state index contributed by atoms with van der Waals surface area (Å²) in [6, 6.07) is 0. The maximum absolute atomic E-state index is 10.3. The molecule has 0 amide bonds. The van der Waals surface area contributed by atoms with Crippen molar-refractivity contribution in [1.82, 2.24) is 0 Å². The fourth-order valence-electron chi connectivity index (χ4n) is 0.982. The Morgan fingerprint density at radius 2 is 1.79 bits per heavy atom. The van der Waals surface area contributed by atoms with E-state index in [-0.39, 0.29) is 0 Å². The molecule has 0 rings (SSSR count). The molecule has 0 spiro atoms. The molecule has 0 radical (unpaired) electrons. The normalized spacial score (nSPS) is 11.9. The second kappa shape index (κ2) is 7.88. The van der Waals surface area contributed by atoms with Crippen LogP contribution in [0.4, 0.5) is 0 Å². The Morgan fingerprint density at radius 1 is 1.29 bits per heavy atom. The Balaban J connectivity index is 4.34. The number of nitrogens with zero attached hydrogens (tertiary/aromatic N) is 1. The van der Waals surface area contributed by atoms with Gasteiger partial charge in [0.2, 0.25) is 11.6 Å². The number of ether oxygens (including phenoxy) is 2. The molecule has 0 fully saturated rings. The van der Waals surface area contributed by atoms with Gasteiger partial charge >= 0.3 is 0 Å². The van der Waals surface area contributed by atoms with E-state index >= 15 is 0 Å². The molecule has 0 saturated carbocycles. The highest BCUT2D eigenvalue weighted by Gasteiger charge is 2.28. The summed E-state index contributed by atoms with van der Waals surface area (Å²) < 4.78 is 11.0. The van der Waals surface area contributed by atoms with E-state index < -0.39 is 15.1 Å². The Morgan fingerprint density at radius 3 is 2.07 bits per heavy atom. The van der Waals surface area contributed by atoms with Crippen molar-refractivity contribution in [1.29, 1.82) is 0 Å². The molecule has 14 heavy (non-hydrogen) atoms. The van der Waals surface area contributed by atoms with Gasteiger partial charge in [0.1, 0.15) is 9.52 Å². The quantitative estimate of drug-likeness (QED) is 0.264. The first-order chi connectivity index (χ1) is 6.74. The third-order valence-electron chi connectivity index (χ3n) is 1.73. The van der Waals surface area contributed by atoms with E-state index in [4.69, 9.17) is 9.47 Å². The lowest BCUT2D eigenvalue weighted by Crippen LogP contribution is -2.39. The zero-order valence-electron chi connectivity index (χ0n) is 9.21.